The van der Waals surface area contributed by atoms with Gasteiger partial charge in [-0.1, -0.05) is 0 Å². The third-order valence-electron chi connectivity index (χ3n) is 2.13. The molecule has 0 aliphatic heterocycles. The summed E-state index contributed by atoms with van der Waals surface area (Å²) in [6, 6.07) is 3.76. The lowest BCUT2D eigenvalue weighted by molar-refractivity contribution is 0.163. The van der Waals surface area contributed by atoms with E-state index >= 15 is 0 Å². The highest BCUT2D eigenvalue weighted by Gasteiger charge is 2.13. The van der Waals surface area contributed by atoms with Crippen LogP contribution in [0.3, 0.4) is 0 Å². The predicted octanol–water partition coefficient (Wildman–Crippen LogP) is 1.81. The fourth-order valence-electron chi connectivity index (χ4n) is 1.30. The molecule has 0 spiro atoms. The van der Waals surface area contributed by atoms with Gasteiger partial charge in [0.2, 0.25) is 0 Å². The van der Waals surface area contributed by atoms with E-state index in [1.54, 1.807) is 6.20 Å². The number of rotatable bonds is 3. The number of pyridine rings is 1. The van der Waals surface area contributed by atoms with Crippen molar-refractivity contribution >= 4 is 0 Å². The Balaban J connectivity index is 2.58. The quantitative estimate of drug-likeness (QED) is 0.796. The molecule has 1 rings (SSSR count). The van der Waals surface area contributed by atoms with Gasteiger partial charge in [-0.25, -0.2) is 0 Å². The number of nitrogens with one attached hydrogen (secondary N) is 1. The molecule has 1 aromatic heterocycles. The first-order chi connectivity index (χ1) is 6.88. The third kappa shape index (κ3) is 4.40. The monoisotopic (exact) mass is 208 g/mol. The maximum absolute atomic E-state index is 9.92. The summed E-state index contributed by atoms with van der Waals surface area (Å²) in [4.78, 5) is 4.10. The lowest BCUT2D eigenvalue weighted by Crippen LogP contribution is -2.38. The van der Waals surface area contributed by atoms with Gasteiger partial charge in [0.25, 0.3) is 0 Å². The summed E-state index contributed by atoms with van der Waals surface area (Å²) in [6.07, 6.45) is 1.26. The number of hydrogen-bond donors (Lipinski definition) is 2. The minimum atomic E-state index is -0.467. The summed E-state index contributed by atoms with van der Waals surface area (Å²) in [5, 5.41) is 13.2. The van der Waals surface area contributed by atoms with Crippen LogP contribution in [0.2, 0.25) is 0 Å². The zero-order valence-electron chi connectivity index (χ0n) is 9.91. The minimum absolute atomic E-state index is 0.0308. The van der Waals surface area contributed by atoms with Crippen molar-refractivity contribution < 1.29 is 5.11 Å². The van der Waals surface area contributed by atoms with Crippen molar-refractivity contribution in [2.75, 3.05) is 6.54 Å². The second-order valence-corrected chi connectivity index (χ2v) is 4.88. The molecule has 0 bridgehead atoms. The lowest BCUT2D eigenvalue weighted by atomic mass is 10.1. The summed E-state index contributed by atoms with van der Waals surface area (Å²) in [5.41, 5.74) is 1.88. The molecule has 1 heterocycles. The molecule has 1 atom stereocenters. The highest BCUT2D eigenvalue weighted by Crippen LogP contribution is 2.13. The van der Waals surface area contributed by atoms with Gasteiger partial charge in [0, 0.05) is 24.0 Å². The molecular weight excluding hydrogens is 188 g/mol. The van der Waals surface area contributed by atoms with Gasteiger partial charge >= 0.3 is 0 Å². The Morgan fingerprint density at radius 3 is 2.67 bits per heavy atom. The van der Waals surface area contributed by atoms with Gasteiger partial charge in [0.05, 0.1) is 6.10 Å². The van der Waals surface area contributed by atoms with E-state index in [2.05, 4.69) is 31.1 Å². The number of aliphatic hydroxyl groups excluding tert-OH is 1. The largest absolute Gasteiger partial charge is 0.387 e. The first-order valence-corrected chi connectivity index (χ1v) is 5.24. The normalized spacial score (nSPS) is 13.9. The lowest BCUT2D eigenvalue weighted by Gasteiger charge is -2.23. The number of hydrogen-bond acceptors (Lipinski definition) is 3. The zero-order valence-corrected chi connectivity index (χ0v) is 9.91. The van der Waals surface area contributed by atoms with Crippen LogP contribution < -0.4 is 5.32 Å². The van der Waals surface area contributed by atoms with Gasteiger partial charge in [-0.05, 0) is 45.4 Å². The van der Waals surface area contributed by atoms with E-state index in [1.807, 2.05) is 19.1 Å². The Kier molecular flexibility index (Phi) is 3.83. The summed E-state index contributed by atoms with van der Waals surface area (Å²) in [7, 11) is 0. The van der Waals surface area contributed by atoms with Crippen LogP contribution >= 0.6 is 0 Å². The van der Waals surface area contributed by atoms with Crippen molar-refractivity contribution in [3.63, 3.8) is 0 Å². The maximum Gasteiger partial charge on any atom is 0.0915 e. The first kappa shape index (κ1) is 12.1. The van der Waals surface area contributed by atoms with Crippen molar-refractivity contribution in [2.24, 2.45) is 0 Å². The molecule has 0 aliphatic carbocycles. The summed E-state index contributed by atoms with van der Waals surface area (Å²) >= 11 is 0. The van der Waals surface area contributed by atoms with Gasteiger partial charge in [-0.3, -0.25) is 4.98 Å². The van der Waals surface area contributed by atoms with Gasteiger partial charge in [-0.15, -0.1) is 0 Å². The van der Waals surface area contributed by atoms with Crippen molar-refractivity contribution in [3.8, 4) is 0 Å². The third-order valence-corrected chi connectivity index (χ3v) is 2.13. The second kappa shape index (κ2) is 4.73. The van der Waals surface area contributed by atoms with E-state index in [1.165, 1.54) is 0 Å². The summed E-state index contributed by atoms with van der Waals surface area (Å²) in [5.74, 6) is 0. The SMILES string of the molecule is Cc1cc(C(O)CNC(C)(C)C)ccn1. The summed E-state index contributed by atoms with van der Waals surface area (Å²) < 4.78 is 0. The van der Waals surface area contributed by atoms with Crippen molar-refractivity contribution in [1.82, 2.24) is 10.3 Å². The molecule has 3 nitrogen and oxygen atoms in total. The molecule has 2 N–H and O–H groups in total. The molecule has 0 aliphatic rings. The van der Waals surface area contributed by atoms with E-state index in [0.717, 1.165) is 11.3 Å². The second-order valence-electron chi connectivity index (χ2n) is 4.88. The molecule has 1 aromatic rings. The van der Waals surface area contributed by atoms with Crippen LogP contribution in [0, 0.1) is 6.92 Å². The number of β-amino-alcohol motifs (C(OH)–C–C–N with tert-alkyl or cyclic N) is 1. The van der Waals surface area contributed by atoms with Gasteiger partial charge in [0.1, 0.15) is 0 Å². The van der Waals surface area contributed by atoms with Crippen LogP contribution in [0.5, 0.6) is 0 Å². The van der Waals surface area contributed by atoms with Crippen LogP contribution in [0.25, 0.3) is 0 Å². The van der Waals surface area contributed by atoms with Crippen LogP contribution in [-0.2, 0) is 0 Å². The molecule has 0 radical (unpaired) electrons. The van der Waals surface area contributed by atoms with Crippen LogP contribution in [0.1, 0.15) is 38.1 Å². The fraction of sp³-hybridized carbons (Fsp3) is 0.583. The van der Waals surface area contributed by atoms with E-state index in [0.29, 0.717) is 6.54 Å². The van der Waals surface area contributed by atoms with E-state index in [-0.39, 0.29) is 5.54 Å². The predicted molar refractivity (Wildman–Crippen MR) is 61.7 cm³/mol. The average molecular weight is 208 g/mol. The number of aromatic nitrogens is 1. The maximum atomic E-state index is 9.92. The van der Waals surface area contributed by atoms with Gasteiger partial charge in [-0.2, -0.15) is 0 Å². The smallest absolute Gasteiger partial charge is 0.0915 e. The highest BCUT2D eigenvalue weighted by atomic mass is 16.3. The molecule has 3 heteroatoms. The number of aliphatic hydroxyl groups is 1. The van der Waals surface area contributed by atoms with Crippen molar-refractivity contribution in [1.29, 1.82) is 0 Å². The highest BCUT2D eigenvalue weighted by molar-refractivity contribution is 5.18. The topological polar surface area (TPSA) is 45.1 Å². The van der Waals surface area contributed by atoms with Crippen LogP contribution in [-0.4, -0.2) is 22.2 Å². The van der Waals surface area contributed by atoms with Crippen LogP contribution in [0.15, 0.2) is 18.3 Å². The van der Waals surface area contributed by atoms with Crippen molar-refractivity contribution in [2.45, 2.75) is 39.3 Å². The Labute approximate surface area is 91.5 Å². The Morgan fingerprint density at radius 1 is 1.47 bits per heavy atom. The molecule has 0 aromatic carbocycles. The molecular formula is C12H20N2O. The zero-order chi connectivity index (χ0) is 11.5. The minimum Gasteiger partial charge on any atom is -0.387 e. The molecule has 0 saturated heterocycles. The molecule has 0 saturated carbocycles. The van der Waals surface area contributed by atoms with E-state index < -0.39 is 6.10 Å². The molecule has 1 unspecified atom stereocenters. The Bertz CT molecular complexity index is 318. The molecule has 0 amide bonds. The average Bonchev–Trinajstić information content (AvgIpc) is 2.13. The van der Waals surface area contributed by atoms with Crippen molar-refractivity contribution in [3.05, 3.63) is 29.6 Å². The Hall–Kier alpha value is -0.930. The first-order valence-electron chi connectivity index (χ1n) is 5.24. The number of nitrogens with zero attached hydrogens (tertiary/aromatic N) is 1. The standard InChI is InChI=1S/C12H20N2O/c1-9-7-10(5-6-13-9)11(15)8-14-12(2,3)4/h5-7,11,14-15H,8H2,1-4H3. The van der Waals surface area contributed by atoms with Gasteiger partial charge < -0.3 is 10.4 Å². The van der Waals surface area contributed by atoms with Crippen LogP contribution in [0.4, 0.5) is 0 Å². The Morgan fingerprint density at radius 2 is 2.13 bits per heavy atom. The van der Waals surface area contributed by atoms with Gasteiger partial charge in [0.15, 0.2) is 0 Å². The fourth-order valence-corrected chi connectivity index (χ4v) is 1.30. The van der Waals surface area contributed by atoms with E-state index in [4.69, 9.17) is 0 Å². The summed E-state index contributed by atoms with van der Waals surface area (Å²) in [6.45, 7) is 8.73. The van der Waals surface area contributed by atoms with E-state index in [9.17, 15) is 5.11 Å². The molecule has 15 heavy (non-hydrogen) atoms. The molecule has 0 fully saturated rings. The molecule has 84 valence electrons. The number of aryl methyl sites for hydroxylation is 1.